The maximum absolute atomic E-state index is 13.1. The second-order valence-corrected chi connectivity index (χ2v) is 9.23. The van der Waals surface area contributed by atoms with E-state index in [0.717, 1.165) is 31.2 Å². The molecule has 3 saturated heterocycles. The number of carbonyl (C=O) groups excluding carboxylic acids is 2. The molecule has 1 aliphatic carbocycles. The number of carbonyl (C=O) groups is 2. The van der Waals surface area contributed by atoms with Gasteiger partial charge in [0, 0.05) is 44.6 Å². The van der Waals surface area contributed by atoms with Crippen LogP contribution in [0.3, 0.4) is 0 Å². The minimum absolute atomic E-state index is 0.0361. The van der Waals surface area contributed by atoms with E-state index in [4.69, 9.17) is 4.74 Å². The van der Waals surface area contributed by atoms with Crippen LogP contribution >= 0.6 is 0 Å². The van der Waals surface area contributed by atoms with Gasteiger partial charge in [0.2, 0.25) is 11.8 Å². The summed E-state index contributed by atoms with van der Waals surface area (Å²) >= 11 is 0. The Morgan fingerprint density at radius 1 is 1.07 bits per heavy atom. The van der Waals surface area contributed by atoms with Gasteiger partial charge in [0.15, 0.2) is 0 Å². The molecule has 1 aromatic carbocycles. The second kappa shape index (κ2) is 7.40. The molecule has 0 bridgehead atoms. The molecule has 6 nitrogen and oxygen atoms in total. The van der Waals surface area contributed by atoms with Crippen LogP contribution in [-0.4, -0.2) is 71.2 Å². The van der Waals surface area contributed by atoms with Gasteiger partial charge in [-0.25, -0.2) is 0 Å². The van der Waals surface area contributed by atoms with Gasteiger partial charge in [-0.2, -0.15) is 0 Å². The fraction of sp³-hybridized carbons (Fsp3) is 0.652. The Morgan fingerprint density at radius 2 is 1.76 bits per heavy atom. The summed E-state index contributed by atoms with van der Waals surface area (Å²) in [5.74, 6) is 0.982. The van der Waals surface area contributed by atoms with Crippen molar-refractivity contribution < 1.29 is 19.4 Å². The van der Waals surface area contributed by atoms with Gasteiger partial charge in [-0.3, -0.25) is 9.59 Å². The third kappa shape index (κ3) is 3.17. The fourth-order valence-electron chi connectivity index (χ4n) is 5.71. The molecule has 0 radical (unpaired) electrons. The molecule has 0 unspecified atom stereocenters. The highest BCUT2D eigenvalue weighted by molar-refractivity contribution is 5.84. The molecule has 3 aliphatic heterocycles. The van der Waals surface area contributed by atoms with Gasteiger partial charge < -0.3 is 19.6 Å². The van der Waals surface area contributed by atoms with Crippen molar-refractivity contribution in [1.82, 2.24) is 9.80 Å². The van der Waals surface area contributed by atoms with Gasteiger partial charge in [0.1, 0.15) is 0 Å². The minimum atomic E-state index is -0.360. The van der Waals surface area contributed by atoms with Crippen LogP contribution in [0.15, 0.2) is 30.3 Å². The van der Waals surface area contributed by atoms with Crippen molar-refractivity contribution in [3.05, 3.63) is 35.9 Å². The number of aliphatic hydroxyl groups is 1. The summed E-state index contributed by atoms with van der Waals surface area (Å²) in [5, 5.41) is 10.1. The van der Waals surface area contributed by atoms with Crippen LogP contribution in [0.4, 0.5) is 0 Å². The standard InChI is InChI=1S/C23H30N2O4/c26-13-19-21(17-4-2-1-3-5-17)23(25(19)20(27)12-16-6-7-16)14-24(15-23)22(28)18-8-10-29-11-9-18/h1-5,16,18-19,21,26H,6-15H2/t19-,21-/m1/s1. The van der Waals surface area contributed by atoms with E-state index in [2.05, 4.69) is 12.1 Å². The van der Waals surface area contributed by atoms with E-state index in [0.29, 0.717) is 38.6 Å². The van der Waals surface area contributed by atoms with Crippen LogP contribution in [0, 0.1) is 11.8 Å². The lowest BCUT2D eigenvalue weighted by Gasteiger charge is -2.70. The molecule has 156 valence electrons. The summed E-state index contributed by atoms with van der Waals surface area (Å²) in [5.41, 5.74) is 0.793. The topological polar surface area (TPSA) is 70.1 Å². The van der Waals surface area contributed by atoms with Crippen molar-refractivity contribution in [1.29, 1.82) is 0 Å². The van der Waals surface area contributed by atoms with E-state index in [9.17, 15) is 14.7 Å². The van der Waals surface area contributed by atoms with Crippen LogP contribution < -0.4 is 0 Å². The van der Waals surface area contributed by atoms with E-state index in [1.807, 2.05) is 28.0 Å². The molecule has 29 heavy (non-hydrogen) atoms. The summed E-state index contributed by atoms with van der Waals surface area (Å²) in [4.78, 5) is 30.0. The molecule has 5 rings (SSSR count). The van der Waals surface area contributed by atoms with E-state index < -0.39 is 0 Å². The summed E-state index contributed by atoms with van der Waals surface area (Å²) in [6, 6.07) is 9.98. The van der Waals surface area contributed by atoms with Crippen molar-refractivity contribution in [2.45, 2.75) is 49.6 Å². The van der Waals surface area contributed by atoms with Crippen molar-refractivity contribution in [3.63, 3.8) is 0 Å². The largest absolute Gasteiger partial charge is 0.394 e. The molecule has 1 saturated carbocycles. The highest BCUT2D eigenvalue weighted by atomic mass is 16.5. The lowest BCUT2D eigenvalue weighted by Crippen LogP contribution is -2.86. The second-order valence-electron chi connectivity index (χ2n) is 9.23. The number of aliphatic hydroxyl groups excluding tert-OH is 1. The van der Waals surface area contributed by atoms with Gasteiger partial charge in [-0.05, 0) is 37.2 Å². The molecule has 1 aromatic rings. The highest BCUT2D eigenvalue weighted by Gasteiger charge is 2.68. The maximum Gasteiger partial charge on any atom is 0.226 e. The van der Waals surface area contributed by atoms with Gasteiger partial charge in [-0.15, -0.1) is 0 Å². The Kier molecular flexibility index (Phi) is 4.87. The maximum atomic E-state index is 13.1. The first-order chi connectivity index (χ1) is 14.1. The Hall–Kier alpha value is -1.92. The van der Waals surface area contributed by atoms with Gasteiger partial charge in [0.05, 0.1) is 18.2 Å². The lowest BCUT2D eigenvalue weighted by atomic mass is 9.60. The van der Waals surface area contributed by atoms with Crippen molar-refractivity contribution in [2.24, 2.45) is 11.8 Å². The van der Waals surface area contributed by atoms with E-state index in [1.165, 1.54) is 0 Å². The number of nitrogens with zero attached hydrogens (tertiary/aromatic N) is 2. The average Bonchev–Trinajstić information content (AvgIpc) is 3.51. The normalized spacial score (nSPS) is 28.7. The number of likely N-dealkylation sites (tertiary alicyclic amines) is 2. The number of hydrogen-bond acceptors (Lipinski definition) is 4. The van der Waals surface area contributed by atoms with Gasteiger partial charge in [0.25, 0.3) is 0 Å². The zero-order chi connectivity index (χ0) is 20.0. The van der Waals surface area contributed by atoms with E-state index in [1.54, 1.807) is 0 Å². The molecule has 4 aliphatic rings. The Labute approximate surface area is 171 Å². The van der Waals surface area contributed by atoms with Crippen LogP contribution in [0.5, 0.6) is 0 Å². The number of ether oxygens (including phenoxy) is 1. The predicted octanol–water partition coefficient (Wildman–Crippen LogP) is 1.78. The van der Waals surface area contributed by atoms with Crippen LogP contribution in [0.25, 0.3) is 0 Å². The highest BCUT2D eigenvalue weighted by Crippen LogP contribution is 2.55. The number of hydrogen-bond donors (Lipinski definition) is 1. The molecule has 4 fully saturated rings. The van der Waals surface area contributed by atoms with Gasteiger partial charge >= 0.3 is 0 Å². The van der Waals surface area contributed by atoms with Crippen molar-refractivity contribution in [2.75, 3.05) is 32.9 Å². The molecule has 6 heteroatoms. The molecule has 3 heterocycles. The Balaban J connectivity index is 1.37. The lowest BCUT2D eigenvalue weighted by molar-refractivity contribution is -0.205. The quantitative estimate of drug-likeness (QED) is 0.821. The predicted molar refractivity (Wildman–Crippen MR) is 107 cm³/mol. The van der Waals surface area contributed by atoms with Crippen LogP contribution in [0.2, 0.25) is 0 Å². The van der Waals surface area contributed by atoms with Crippen LogP contribution in [-0.2, 0) is 14.3 Å². The molecule has 1 N–H and O–H groups in total. The molecule has 1 spiro atoms. The fourth-order valence-corrected chi connectivity index (χ4v) is 5.71. The number of benzene rings is 1. The first-order valence-electron chi connectivity index (χ1n) is 11.0. The average molecular weight is 399 g/mol. The van der Waals surface area contributed by atoms with Crippen molar-refractivity contribution in [3.8, 4) is 0 Å². The minimum Gasteiger partial charge on any atom is -0.394 e. The molecule has 2 atom stereocenters. The monoisotopic (exact) mass is 398 g/mol. The van der Waals surface area contributed by atoms with Gasteiger partial charge in [-0.1, -0.05) is 30.3 Å². The molecule has 0 aromatic heterocycles. The summed E-state index contributed by atoms with van der Waals surface area (Å²) < 4.78 is 5.40. The van der Waals surface area contributed by atoms with E-state index in [-0.39, 0.29) is 41.8 Å². The Morgan fingerprint density at radius 3 is 2.38 bits per heavy atom. The third-order valence-corrected chi connectivity index (χ3v) is 7.36. The summed E-state index contributed by atoms with van der Waals surface area (Å²) in [7, 11) is 0. The smallest absolute Gasteiger partial charge is 0.226 e. The van der Waals surface area contributed by atoms with Crippen LogP contribution in [0.1, 0.15) is 43.6 Å². The SMILES string of the molecule is O=C(C1CCOCC1)N1CC2(C1)[C@H](c1ccccc1)[C@@H](CO)N2C(=O)CC1CC1. The van der Waals surface area contributed by atoms with E-state index >= 15 is 0 Å². The summed E-state index contributed by atoms with van der Waals surface area (Å²) in [6.45, 7) is 2.43. The molecular formula is C23H30N2O4. The van der Waals surface area contributed by atoms with Crippen molar-refractivity contribution >= 4 is 11.8 Å². The third-order valence-electron chi connectivity index (χ3n) is 7.36. The zero-order valence-corrected chi connectivity index (χ0v) is 16.8. The Bertz CT molecular complexity index is 766. The molecule has 2 amide bonds. The summed E-state index contributed by atoms with van der Waals surface area (Å²) in [6.07, 6.45) is 4.41. The number of rotatable bonds is 5. The number of amides is 2. The molecular weight excluding hydrogens is 368 g/mol. The first-order valence-corrected chi connectivity index (χ1v) is 11.0. The zero-order valence-electron chi connectivity index (χ0n) is 16.8. The first kappa shape index (κ1) is 19.1.